The molecule has 1 aliphatic heterocycles. The number of amides is 2. The first kappa shape index (κ1) is 33.7. The number of carbonyl (C=O) groups excluding carboxylic acids is 2. The lowest BCUT2D eigenvalue weighted by Gasteiger charge is -2.25. The third-order valence-electron chi connectivity index (χ3n) is 6.17. The molecule has 2 amide bonds. The number of hydrogen-bond acceptors (Lipinski definition) is 11. The molecule has 4 aromatic rings. The highest BCUT2D eigenvalue weighted by molar-refractivity contribution is 9.10. The summed E-state index contributed by atoms with van der Waals surface area (Å²) in [5, 5.41) is 12.1. The zero-order valence-corrected chi connectivity index (χ0v) is 28.2. The van der Waals surface area contributed by atoms with Crippen molar-refractivity contribution < 1.29 is 19.1 Å². The van der Waals surface area contributed by atoms with Gasteiger partial charge in [-0.15, -0.1) is 0 Å². The predicted octanol–water partition coefficient (Wildman–Crippen LogP) is 5.13. The maximum atomic E-state index is 12.3. The number of halogens is 2. The fourth-order valence-corrected chi connectivity index (χ4v) is 5.39. The number of nitrogens with zero attached hydrogens (tertiary/aromatic N) is 7. The second-order valence-electron chi connectivity index (χ2n) is 12.2. The first-order chi connectivity index (χ1) is 21.1. The molecule has 5 N–H and O–H groups in total. The molecule has 45 heavy (non-hydrogen) atoms. The minimum absolute atomic E-state index is 0.0613. The first-order valence-corrected chi connectivity index (χ1v) is 15.2. The Kier molecular flexibility index (Phi) is 10.4. The summed E-state index contributed by atoms with van der Waals surface area (Å²) in [7, 11) is 0. The molecule has 17 heteroatoms. The Hall–Kier alpha value is -4.18. The van der Waals surface area contributed by atoms with Crippen molar-refractivity contribution in [2.75, 3.05) is 29.0 Å². The van der Waals surface area contributed by atoms with E-state index in [0.29, 0.717) is 35.2 Å². The highest BCUT2D eigenvalue weighted by Crippen LogP contribution is 2.35. The Balaban J connectivity index is 0.000000687. The molecule has 3 aromatic heterocycles. The second-order valence-corrected chi connectivity index (χ2v) is 13.5. The van der Waals surface area contributed by atoms with Gasteiger partial charge in [0.15, 0.2) is 17.0 Å². The monoisotopic (exact) mass is 705 g/mol. The molecular formula is C28H37BrClN11O4. The van der Waals surface area contributed by atoms with E-state index in [9.17, 15) is 9.59 Å². The van der Waals surface area contributed by atoms with E-state index in [1.54, 1.807) is 27.1 Å². The molecule has 0 spiro atoms. The first-order valence-electron chi connectivity index (χ1n) is 14.1. The molecule has 5 rings (SSSR count). The van der Waals surface area contributed by atoms with Gasteiger partial charge in [0.2, 0.25) is 5.95 Å². The normalized spacial score (nSPS) is 14.9. The summed E-state index contributed by atoms with van der Waals surface area (Å²) in [5.41, 5.74) is 6.74. The summed E-state index contributed by atoms with van der Waals surface area (Å²) in [6.45, 7) is 12.6. The van der Waals surface area contributed by atoms with E-state index in [4.69, 9.17) is 26.8 Å². The minimum Gasteiger partial charge on any atom is -0.444 e. The molecule has 0 saturated carbocycles. The van der Waals surface area contributed by atoms with Crippen LogP contribution in [0.15, 0.2) is 35.6 Å². The number of alkyl carbamates (subject to hydrolysis) is 1. The van der Waals surface area contributed by atoms with Crippen molar-refractivity contribution >= 4 is 68.3 Å². The smallest absolute Gasteiger partial charge is 0.413 e. The number of nitrogens with one attached hydrogen (secondary N) is 3. The number of H-pyrrole nitrogens is 1. The van der Waals surface area contributed by atoms with Crippen molar-refractivity contribution in [2.24, 2.45) is 0 Å². The standard InChI is InChI=1S/C26H33BrClN7O4.C2H4N4/c1-25(2,3)38-23(36)32-16-7-8-34(11-16)19-10-15(28)9-18(27)17(19)12-35-14-31-20-21(29-13-30-22(20)35)33-24(37)39-26(4,5)6;3-2-4-1-5-6-2/h9-10,13-14,16H,7-8,11-12H2,1-6H3,(H,32,36)(H,29,30,33,37);1H,(H3,3,4,5,6). The lowest BCUT2D eigenvalue weighted by molar-refractivity contribution is 0.0508. The minimum atomic E-state index is -0.649. The number of carbonyl (C=O) groups is 2. The van der Waals surface area contributed by atoms with E-state index >= 15 is 0 Å². The van der Waals surface area contributed by atoms with Crippen LogP contribution < -0.4 is 21.3 Å². The zero-order chi connectivity index (χ0) is 32.9. The van der Waals surface area contributed by atoms with Gasteiger partial charge in [-0.05, 0) is 60.1 Å². The summed E-state index contributed by atoms with van der Waals surface area (Å²) in [5.74, 6) is 0.619. The van der Waals surface area contributed by atoms with Gasteiger partial charge in [0.05, 0.1) is 18.9 Å². The summed E-state index contributed by atoms with van der Waals surface area (Å²) >= 11 is 10.1. The summed E-state index contributed by atoms with van der Waals surface area (Å²) in [6, 6.07) is 3.70. The Morgan fingerprint density at radius 2 is 1.78 bits per heavy atom. The van der Waals surface area contributed by atoms with Gasteiger partial charge in [0.25, 0.3) is 0 Å². The van der Waals surface area contributed by atoms with Gasteiger partial charge in [0, 0.05) is 33.8 Å². The van der Waals surface area contributed by atoms with Crippen LogP contribution in [0.2, 0.25) is 5.02 Å². The third kappa shape index (κ3) is 9.65. The largest absolute Gasteiger partial charge is 0.444 e. The van der Waals surface area contributed by atoms with E-state index in [2.05, 4.69) is 61.6 Å². The Bertz CT molecular complexity index is 1630. The van der Waals surface area contributed by atoms with Gasteiger partial charge >= 0.3 is 12.2 Å². The molecule has 4 heterocycles. The maximum absolute atomic E-state index is 12.3. The lowest BCUT2D eigenvalue weighted by atomic mass is 10.1. The van der Waals surface area contributed by atoms with Gasteiger partial charge in [-0.3, -0.25) is 5.32 Å². The zero-order valence-electron chi connectivity index (χ0n) is 25.9. The maximum Gasteiger partial charge on any atom is 0.413 e. The van der Waals surface area contributed by atoms with Crippen LogP contribution in [0.5, 0.6) is 0 Å². The topological polar surface area (TPSA) is 191 Å². The molecule has 0 bridgehead atoms. The molecule has 0 radical (unpaired) electrons. The van der Waals surface area contributed by atoms with Crippen molar-refractivity contribution in [2.45, 2.75) is 71.8 Å². The van der Waals surface area contributed by atoms with Gasteiger partial charge in [-0.25, -0.2) is 34.6 Å². The van der Waals surface area contributed by atoms with Crippen molar-refractivity contribution in [1.82, 2.24) is 40.0 Å². The number of aromatic amines is 1. The highest BCUT2D eigenvalue weighted by Gasteiger charge is 2.29. The van der Waals surface area contributed by atoms with Crippen molar-refractivity contribution in [3.05, 3.63) is 46.2 Å². The SMILES string of the molecule is CC(C)(C)OC(=O)Nc1ncnc2c1ncn2Cc1c(Br)cc(Cl)cc1N1CCC(NC(=O)OC(C)(C)C)C1.Nc1ncn[nH]1. The van der Waals surface area contributed by atoms with Crippen LogP contribution in [0.1, 0.15) is 53.5 Å². The number of fused-ring (bicyclic) bond motifs is 1. The number of anilines is 3. The van der Waals surface area contributed by atoms with Crippen molar-refractivity contribution in [3.8, 4) is 0 Å². The molecule has 1 unspecified atom stereocenters. The molecule has 1 fully saturated rings. The number of rotatable bonds is 5. The van der Waals surface area contributed by atoms with E-state index in [1.807, 2.05) is 37.5 Å². The number of imidazole rings is 1. The molecule has 1 aliphatic rings. The van der Waals surface area contributed by atoms with Crippen LogP contribution in [0, 0.1) is 0 Å². The number of aromatic nitrogens is 7. The van der Waals surface area contributed by atoms with Crippen LogP contribution in [0.3, 0.4) is 0 Å². The Morgan fingerprint density at radius 3 is 2.40 bits per heavy atom. The molecule has 1 atom stereocenters. The second kappa shape index (κ2) is 13.9. The average molecular weight is 707 g/mol. The Morgan fingerprint density at radius 1 is 1.07 bits per heavy atom. The van der Waals surface area contributed by atoms with E-state index in [-0.39, 0.29) is 11.9 Å². The van der Waals surface area contributed by atoms with E-state index in [1.165, 1.54) is 12.7 Å². The van der Waals surface area contributed by atoms with Crippen LogP contribution in [-0.2, 0) is 16.0 Å². The van der Waals surface area contributed by atoms with Crippen molar-refractivity contribution in [1.29, 1.82) is 0 Å². The van der Waals surface area contributed by atoms with Gasteiger partial charge in [-0.1, -0.05) is 27.5 Å². The molecule has 1 aromatic carbocycles. The highest BCUT2D eigenvalue weighted by atomic mass is 79.9. The summed E-state index contributed by atoms with van der Waals surface area (Å²) in [4.78, 5) is 43.4. The van der Waals surface area contributed by atoms with Crippen LogP contribution >= 0.6 is 27.5 Å². The number of nitrogen functional groups attached to an aromatic ring is 1. The molecular weight excluding hydrogens is 670 g/mol. The quantitative estimate of drug-likeness (QED) is 0.215. The summed E-state index contributed by atoms with van der Waals surface area (Å²) in [6.07, 6.45) is 4.10. The molecule has 242 valence electrons. The predicted molar refractivity (Wildman–Crippen MR) is 174 cm³/mol. The molecule has 1 saturated heterocycles. The Labute approximate surface area is 273 Å². The van der Waals surface area contributed by atoms with Crippen molar-refractivity contribution in [3.63, 3.8) is 0 Å². The van der Waals surface area contributed by atoms with E-state index < -0.39 is 23.4 Å². The van der Waals surface area contributed by atoms with Gasteiger partial charge in [0.1, 0.15) is 23.9 Å². The number of hydrogen-bond donors (Lipinski definition) is 4. The van der Waals surface area contributed by atoms with Crippen LogP contribution in [0.25, 0.3) is 11.2 Å². The van der Waals surface area contributed by atoms with Crippen LogP contribution in [0.4, 0.5) is 27.0 Å². The number of ether oxygens (including phenoxy) is 2. The number of nitrogens with two attached hydrogens (primary N) is 1. The number of benzene rings is 1. The van der Waals surface area contributed by atoms with E-state index in [0.717, 1.165) is 28.7 Å². The molecule has 0 aliphatic carbocycles. The molecule has 15 nitrogen and oxygen atoms in total. The van der Waals surface area contributed by atoms with Gasteiger partial charge < -0.3 is 30.0 Å². The third-order valence-corrected chi connectivity index (χ3v) is 7.09. The fourth-order valence-electron chi connectivity index (χ4n) is 4.47. The fraction of sp³-hybridized carbons (Fsp3) is 0.464. The van der Waals surface area contributed by atoms with Crippen LogP contribution in [-0.4, -0.2) is 77.2 Å². The van der Waals surface area contributed by atoms with Gasteiger partial charge in [-0.2, -0.15) is 5.10 Å². The summed E-state index contributed by atoms with van der Waals surface area (Å²) < 4.78 is 13.5. The lowest BCUT2D eigenvalue weighted by Crippen LogP contribution is -2.40. The average Bonchev–Trinajstić information content (AvgIpc) is 3.66.